The van der Waals surface area contributed by atoms with Crippen LogP contribution in [0.1, 0.15) is 65.1 Å². The first kappa shape index (κ1) is 16.9. The van der Waals surface area contributed by atoms with E-state index in [1.165, 1.54) is 0 Å². The molecule has 1 rings (SSSR count). The van der Waals surface area contributed by atoms with Crippen molar-refractivity contribution in [3.63, 3.8) is 0 Å². The van der Waals surface area contributed by atoms with Crippen molar-refractivity contribution in [2.45, 2.75) is 71.9 Å². The molecular formula is C16H28N2O2. The number of ketones is 1. The zero-order chi connectivity index (χ0) is 15.1. The predicted molar refractivity (Wildman–Crippen MR) is 80.6 cm³/mol. The van der Waals surface area contributed by atoms with Crippen LogP contribution in [0.2, 0.25) is 0 Å². The molecule has 0 aliphatic rings. The van der Waals surface area contributed by atoms with Gasteiger partial charge in [-0.3, -0.25) is 9.48 Å². The zero-order valence-electron chi connectivity index (χ0n) is 13.2. The molecule has 1 unspecified atom stereocenters. The number of carbonyl (C=O) groups is 1. The molecule has 0 radical (unpaired) electrons. The molecule has 0 aromatic carbocycles. The molecule has 1 atom stereocenters. The van der Waals surface area contributed by atoms with Crippen molar-refractivity contribution in [3.8, 4) is 0 Å². The first-order chi connectivity index (χ1) is 9.57. The van der Waals surface area contributed by atoms with Gasteiger partial charge in [-0.15, -0.1) is 0 Å². The van der Waals surface area contributed by atoms with Crippen molar-refractivity contribution in [1.82, 2.24) is 9.78 Å². The monoisotopic (exact) mass is 280 g/mol. The lowest BCUT2D eigenvalue weighted by molar-refractivity contribution is -0.129. The third-order valence-corrected chi connectivity index (χ3v) is 4.16. The van der Waals surface area contributed by atoms with E-state index < -0.39 is 6.10 Å². The Morgan fingerprint density at radius 3 is 2.30 bits per heavy atom. The minimum atomic E-state index is -0.858. The van der Waals surface area contributed by atoms with E-state index in [2.05, 4.69) is 18.9 Å². The second-order valence-corrected chi connectivity index (χ2v) is 5.42. The molecule has 1 heterocycles. The number of nitrogens with zero attached hydrogens (tertiary/aromatic N) is 2. The molecule has 4 heteroatoms. The van der Waals surface area contributed by atoms with Crippen molar-refractivity contribution in [3.05, 3.63) is 18.0 Å². The summed E-state index contributed by atoms with van der Waals surface area (Å²) in [5.41, 5.74) is 0.756. The lowest BCUT2D eigenvalue weighted by Crippen LogP contribution is -2.30. The van der Waals surface area contributed by atoms with Crippen LogP contribution >= 0.6 is 0 Å². The first-order valence-electron chi connectivity index (χ1n) is 7.81. The molecule has 0 bridgehead atoms. The van der Waals surface area contributed by atoms with Crippen LogP contribution in [0.5, 0.6) is 0 Å². The maximum atomic E-state index is 12.1. The van der Waals surface area contributed by atoms with E-state index in [0.717, 1.165) is 31.4 Å². The van der Waals surface area contributed by atoms with Gasteiger partial charge in [-0.05, 0) is 24.8 Å². The first-order valence-corrected chi connectivity index (χ1v) is 7.81. The molecule has 0 spiro atoms. The number of aromatic nitrogens is 2. The summed E-state index contributed by atoms with van der Waals surface area (Å²) in [4.78, 5) is 12.1. The Hall–Kier alpha value is -1.16. The van der Waals surface area contributed by atoms with Crippen LogP contribution in [-0.2, 0) is 11.2 Å². The topological polar surface area (TPSA) is 55.1 Å². The van der Waals surface area contributed by atoms with Crippen LogP contribution in [0.4, 0.5) is 0 Å². The van der Waals surface area contributed by atoms with Gasteiger partial charge in [0.05, 0.1) is 18.2 Å². The van der Waals surface area contributed by atoms with Gasteiger partial charge < -0.3 is 5.11 Å². The van der Waals surface area contributed by atoms with Gasteiger partial charge in [0.25, 0.3) is 0 Å². The largest absolute Gasteiger partial charge is 0.385 e. The highest BCUT2D eigenvalue weighted by Crippen LogP contribution is 2.17. The summed E-state index contributed by atoms with van der Waals surface area (Å²) in [7, 11) is 0. The number of rotatable bonds is 9. The fourth-order valence-electron chi connectivity index (χ4n) is 2.62. The lowest BCUT2D eigenvalue weighted by Gasteiger charge is -2.18. The Morgan fingerprint density at radius 1 is 1.20 bits per heavy atom. The van der Waals surface area contributed by atoms with Gasteiger partial charge in [0, 0.05) is 6.20 Å². The smallest absolute Gasteiger partial charge is 0.167 e. The summed E-state index contributed by atoms with van der Waals surface area (Å²) in [6.07, 6.45) is 5.01. The van der Waals surface area contributed by atoms with Crippen molar-refractivity contribution in [2.24, 2.45) is 5.92 Å². The van der Waals surface area contributed by atoms with E-state index >= 15 is 0 Å². The van der Waals surface area contributed by atoms with Gasteiger partial charge in [0.15, 0.2) is 5.78 Å². The van der Waals surface area contributed by atoms with E-state index in [1.54, 1.807) is 0 Å². The molecule has 0 saturated carbocycles. The minimum absolute atomic E-state index is 0.0589. The second kappa shape index (κ2) is 8.20. The molecule has 0 saturated heterocycles. The highest BCUT2D eigenvalue weighted by atomic mass is 16.3. The summed E-state index contributed by atoms with van der Waals surface area (Å²) in [6, 6.07) is 2.28. The molecular weight excluding hydrogens is 252 g/mol. The standard InChI is InChI=1S/C16H28N2O2/c1-5-12(6-2)16(20)15(19)11-13-9-10-18(17-13)14(7-3)8-4/h9-10,12,14,16,20H,5-8,11H2,1-4H3. The van der Waals surface area contributed by atoms with Crippen molar-refractivity contribution in [1.29, 1.82) is 0 Å². The van der Waals surface area contributed by atoms with Gasteiger partial charge >= 0.3 is 0 Å². The molecule has 0 aliphatic carbocycles. The SMILES string of the molecule is CCC(CC)C(O)C(=O)Cc1ccn(C(CC)CC)n1. The molecule has 4 nitrogen and oxygen atoms in total. The molecule has 0 amide bonds. The van der Waals surface area contributed by atoms with Crippen LogP contribution in [-0.4, -0.2) is 26.8 Å². The summed E-state index contributed by atoms with van der Waals surface area (Å²) in [6.45, 7) is 8.29. The molecule has 114 valence electrons. The zero-order valence-corrected chi connectivity index (χ0v) is 13.2. The number of carbonyl (C=O) groups excluding carboxylic acids is 1. The van der Waals surface area contributed by atoms with Crippen LogP contribution in [0, 0.1) is 5.92 Å². The van der Waals surface area contributed by atoms with Gasteiger partial charge in [0.2, 0.25) is 0 Å². The highest BCUT2D eigenvalue weighted by molar-refractivity contribution is 5.84. The Bertz CT molecular complexity index is 406. The van der Waals surface area contributed by atoms with Crippen LogP contribution in [0.3, 0.4) is 0 Å². The number of aliphatic hydroxyl groups is 1. The fraction of sp³-hybridized carbons (Fsp3) is 0.750. The lowest BCUT2D eigenvalue weighted by atomic mass is 9.92. The van der Waals surface area contributed by atoms with E-state index in [0.29, 0.717) is 6.04 Å². The quantitative estimate of drug-likeness (QED) is 0.756. The van der Waals surface area contributed by atoms with Crippen molar-refractivity contribution >= 4 is 5.78 Å². The van der Waals surface area contributed by atoms with Gasteiger partial charge in [-0.25, -0.2) is 0 Å². The van der Waals surface area contributed by atoms with Crippen LogP contribution in [0.25, 0.3) is 0 Å². The molecule has 1 aromatic heterocycles. The second-order valence-electron chi connectivity index (χ2n) is 5.42. The maximum Gasteiger partial charge on any atom is 0.167 e. The Balaban J connectivity index is 2.67. The number of aliphatic hydroxyl groups excluding tert-OH is 1. The fourth-order valence-corrected chi connectivity index (χ4v) is 2.62. The normalized spacial score (nSPS) is 13.2. The van der Waals surface area contributed by atoms with Gasteiger partial charge in [-0.2, -0.15) is 5.10 Å². The van der Waals surface area contributed by atoms with Gasteiger partial charge in [0.1, 0.15) is 6.10 Å². The maximum absolute atomic E-state index is 12.1. The number of hydrogen-bond donors (Lipinski definition) is 1. The summed E-state index contributed by atoms with van der Waals surface area (Å²) in [5.74, 6) is -0.0582. The van der Waals surface area contributed by atoms with E-state index in [1.807, 2.05) is 30.8 Å². The Labute approximate surface area is 122 Å². The third kappa shape index (κ3) is 4.17. The van der Waals surface area contributed by atoms with Crippen molar-refractivity contribution in [2.75, 3.05) is 0 Å². The molecule has 0 fully saturated rings. The molecule has 1 aromatic rings. The van der Waals surface area contributed by atoms with Crippen LogP contribution < -0.4 is 0 Å². The molecule has 0 aliphatic heterocycles. The number of Topliss-reactive ketones (excluding diaryl/α,β-unsaturated/α-hetero) is 1. The number of hydrogen-bond acceptors (Lipinski definition) is 3. The highest BCUT2D eigenvalue weighted by Gasteiger charge is 2.24. The van der Waals surface area contributed by atoms with E-state index in [-0.39, 0.29) is 18.1 Å². The summed E-state index contributed by atoms with van der Waals surface area (Å²) in [5, 5.41) is 14.5. The third-order valence-electron chi connectivity index (χ3n) is 4.16. The molecule has 20 heavy (non-hydrogen) atoms. The van der Waals surface area contributed by atoms with E-state index in [9.17, 15) is 9.90 Å². The summed E-state index contributed by atoms with van der Waals surface area (Å²) >= 11 is 0. The Morgan fingerprint density at radius 2 is 1.80 bits per heavy atom. The minimum Gasteiger partial charge on any atom is -0.385 e. The average Bonchev–Trinajstić information content (AvgIpc) is 2.89. The van der Waals surface area contributed by atoms with Crippen LogP contribution in [0.15, 0.2) is 12.3 Å². The van der Waals surface area contributed by atoms with Crippen molar-refractivity contribution < 1.29 is 9.90 Å². The Kier molecular flexibility index (Phi) is 6.93. The molecule has 1 N–H and O–H groups in total. The average molecular weight is 280 g/mol. The predicted octanol–water partition coefficient (Wildman–Crippen LogP) is 3.15. The van der Waals surface area contributed by atoms with Gasteiger partial charge in [-0.1, -0.05) is 40.5 Å². The summed E-state index contributed by atoms with van der Waals surface area (Å²) < 4.78 is 1.94. The van der Waals surface area contributed by atoms with E-state index in [4.69, 9.17) is 0 Å².